The molecular formula is C14H19NO3. The maximum atomic E-state index is 12.2. The molecular weight excluding hydrogens is 230 g/mol. The molecule has 1 fully saturated rings. The molecule has 0 aliphatic carbocycles. The summed E-state index contributed by atoms with van der Waals surface area (Å²) in [5.41, 5.74) is 0.532. The Morgan fingerprint density at radius 2 is 2.17 bits per heavy atom. The van der Waals surface area contributed by atoms with E-state index < -0.39 is 0 Å². The van der Waals surface area contributed by atoms with Gasteiger partial charge in [0.2, 0.25) is 0 Å². The number of carbonyl (C=O) groups is 1. The first-order valence-corrected chi connectivity index (χ1v) is 6.29. The van der Waals surface area contributed by atoms with E-state index in [0.29, 0.717) is 11.5 Å². The van der Waals surface area contributed by atoms with Crippen LogP contribution in [0.1, 0.15) is 23.2 Å². The Kier molecular flexibility index (Phi) is 4.20. The lowest BCUT2D eigenvalue weighted by atomic mass is 9.99. The standard InChI is InChI=1S/C14H19NO3/c1-15(10-11-5-7-18-8-6-11)14(17)12-3-2-4-13(16)9-12/h2-4,9,11,16H,5-8,10H2,1H3. The highest BCUT2D eigenvalue weighted by Gasteiger charge is 2.19. The van der Waals surface area contributed by atoms with Gasteiger partial charge in [-0.2, -0.15) is 0 Å². The third-order valence-electron chi connectivity index (χ3n) is 3.31. The Bertz CT molecular complexity index is 413. The van der Waals surface area contributed by atoms with E-state index in [0.717, 1.165) is 32.6 Å². The summed E-state index contributed by atoms with van der Waals surface area (Å²) in [5.74, 6) is 0.600. The molecule has 0 radical (unpaired) electrons. The normalized spacial score (nSPS) is 16.5. The van der Waals surface area contributed by atoms with Crippen molar-refractivity contribution in [2.24, 2.45) is 5.92 Å². The molecule has 18 heavy (non-hydrogen) atoms. The van der Waals surface area contributed by atoms with Crippen LogP contribution in [0, 0.1) is 5.92 Å². The number of benzene rings is 1. The van der Waals surface area contributed by atoms with E-state index >= 15 is 0 Å². The highest BCUT2D eigenvalue weighted by atomic mass is 16.5. The molecule has 1 aromatic rings. The molecule has 1 saturated heterocycles. The molecule has 1 aliphatic rings. The predicted octanol–water partition coefficient (Wildman–Crippen LogP) is 1.89. The topological polar surface area (TPSA) is 49.8 Å². The maximum Gasteiger partial charge on any atom is 0.253 e. The van der Waals surface area contributed by atoms with E-state index in [-0.39, 0.29) is 11.7 Å². The second-order valence-electron chi connectivity index (χ2n) is 4.79. The fourth-order valence-electron chi connectivity index (χ4n) is 2.26. The molecule has 0 aromatic heterocycles. The highest BCUT2D eigenvalue weighted by Crippen LogP contribution is 2.18. The number of phenolic OH excluding ortho intramolecular Hbond substituents is 1. The summed E-state index contributed by atoms with van der Waals surface area (Å²) in [7, 11) is 1.81. The third-order valence-corrected chi connectivity index (χ3v) is 3.31. The zero-order valence-electron chi connectivity index (χ0n) is 10.6. The van der Waals surface area contributed by atoms with E-state index in [9.17, 15) is 9.90 Å². The molecule has 1 heterocycles. The van der Waals surface area contributed by atoms with Crippen LogP contribution in [0.15, 0.2) is 24.3 Å². The van der Waals surface area contributed by atoms with Crippen molar-refractivity contribution in [2.45, 2.75) is 12.8 Å². The predicted molar refractivity (Wildman–Crippen MR) is 68.6 cm³/mol. The first-order valence-electron chi connectivity index (χ1n) is 6.29. The van der Waals surface area contributed by atoms with Crippen molar-refractivity contribution in [3.63, 3.8) is 0 Å². The fourth-order valence-corrected chi connectivity index (χ4v) is 2.26. The van der Waals surface area contributed by atoms with E-state index in [1.165, 1.54) is 6.07 Å². The molecule has 0 unspecified atom stereocenters. The first-order chi connectivity index (χ1) is 8.66. The van der Waals surface area contributed by atoms with Gasteiger partial charge in [-0.05, 0) is 37.0 Å². The third kappa shape index (κ3) is 3.23. The van der Waals surface area contributed by atoms with Gasteiger partial charge in [0, 0.05) is 32.4 Å². The lowest BCUT2D eigenvalue weighted by Crippen LogP contribution is -2.34. The molecule has 0 saturated carbocycles. The molecule has 2 rings (SSSR count). The van der Waals surface area contributed by atoms with Crippen LogP contribution in [0.25, 0.3) is 0 Å². The largest absolute Gasteiger partial charge is 0.508 e. The van der Waals surface area contributed by atoms with Crippen LogP contribution < -0.4 is 0 Å². The quantitative estimate of drug-likeness (QED) is 0.890. The van der Waals surface area contributed by atoms with E-state index in [4.69, 9.17) is 4.74 Å². The number of amides is 1. The van der Waals surface area contributed by atoms with Gasteiger partial charge in [0.15, 0.2) is 0 Å². The number of aromatic hydroxyl groups is 1. The van der Waals surface area contributed by atoms with Gasteiger partial charge in [0.05, 0.1) is 0 Å². The number of hydrogen-bond acceptors (Lipinski definition) is 3. The average molecular weight is 249 g/mol. The van der Waals surface area contributed by atoms with Gasteiger partial charge in [-0.3, -0.25) is 4.79 Å². The molecule has 98 valence electrons. The Balaban J connectivity index is 1.95. The van der Waals surface area contributed by atoms with Crippen LogP contribution in [0.5, 0.6) is 5.75 Å². The average Bonchev–Trinajstić information content (AvgIpc) is 2.39. The van der Waals surface area contributed by atoms with Crippen LogP contribution in [-0.2, 0) is 4.74 Å². The zero-order chi connectivity index (χ0) is 13.0. The summed E-state index contributed by atoms with van der Waals surface area (Å²) >= 11 is 0. The second kappa shape index (κ2) is 5.87. The Labute approximate surface area is 107 Å². The van der Waals surface area contributed by atoms with E-state index in [1.54, 1.807) is 23.1 Å². The molecule has 0 atom stereocenters. The van der Waals surface area contributed by atoms with Crippen molar-refractivity contribution in [2.75, 3.05) is 26.8 Å². The lowest BCUT2D eigenvalue weighted by molar-refractivity contribution is 0.0497. The number of rotatable bonds is 3. The summed E-state index contributed by atoms with van der Waals surface area (Å²) in [6.45, 7) is 2.33. The molecule has 1 amide bonds. The Morgan fingerprint density at radius 1 is 1.44 bits per heavy atom. The lowest BCUT2D eigenvalue weighted by Gasteiger charge is -2.27. The number of nitrogens with zero attached hydrogens (tertiary/aromatic N) is 1. The van der Waals surface area contributed by atoms with Crippen LogP contribution in [0.3, 0.4) is 0 Å². The smallest absolute Gasteiger partial charge is 0.253 e. The highest BCUT2D eigenvalue weighted by molar-refractivity contribution is 5.94. The van der Waals surface area contributed by atoms with E-state index in [1.807, 2.05) is 7.05 Å². The van der Waals surface area contributed by atoms with Gasteiger partial charge in [0.25, 0.3) is 5.91 Å². The maximum absolute atomic E-state index is 12.2. The number of phenols is 1. The summed E-state index contributed by atoms with van der Waals surface area (Å²) in [6, 6.07) is 6.48. The molecule has 0 bridgehead atoms. The van der Waals surface area contributed by atoms with Crippen molar-refractivity contribution in [1.29, 1.82) is 0 Å². The van der Waals surface area contributed by atoms with Gasteiger partial charge in [-0.25, -0.2) is 0 Å². The molecule has 1 aromatic carbocycles. The SMILES string of the molecule is CN(CC1CCOCC1)C(=O)c1cccc(O)c1. The van der Waals surface area contributed by atoms with Gasteiger partial charge in [-0.15, -0.1) is 0 Å². The van der Waals surface area contributed by atoms with Crippen LogP contribution in [0.2, 0.25) is 0 Å². The minimum Gasteiger partial charge on any atom is -0.508 e. The second-order valence-corrected chi connectivity index (χ2v) is 4.79. The van der Waals surface area contributed by atoms with Crippen LogP contribution >= 0.6 is 0 Å². The van der Waals surface area contributed by atoms with E-state index in [2.05, 4.69) is 0 Å². The molecule has 0 spiro atoms. The summed E-state index contributed by atoms with van der Waals surface area (Å²) < 4.78 is 5.31. The monoisotopic (exact) mass is 249 g/mol. The van der Waals surface area contributed by atoms with Crippen molar-refractivity contribution in [3.8, 4) is 5.75 Å². The number of ether oxygens (including phenoxy) is 1. The van der Waals surface area contributed by atoms with Gasteiger partial charge in [0.1, 0.15) is 5.75 Å². The van der Waals surface area contributed by atoms with Gasteiger partial charge < -0.3 is 14.7 Å². The molecule has 4 heteroatoms. The van der Waals surface area contributed by atoms with Crippen LogP contribution in [0.4, 0.5) is 0 Å². The summed E-state index contributed by atoms with van der Waals surface area (Å²) in [4.78, 5) is 13.9. The van der Waals surface area contributed by atoms with Crippen LogP contribution in [-0.4, -0.2) is 42.7 Å². The van der Waals surface area contributed by atoms with Gasteiger partial charge >= 0.3 is 0 Å². The van der Waals surface area contributed by atoms with Gasteiger partial charge in [-0.1, -0.05) is 6.07 Å². The zero-order valence-corrected chi connectivity index (χ0v) is 10.6. The Hall–Kier alpha value is -1.55. The van der Waals surface area contributed by atoms with Crippen molar-refractivity contribution >= 4 is 5.91 Å². The summed E-state index contributed by atoms with van der Waals surface area (Å²) in [6.07, 6.45) is 2.02. The number of carbonyl (C=O) groups excluding carboxylic acids is 1. The van der Waals surface area contributed by atoms with Crippen molar-refractivity contribution in [1.82, 2.24) is 4.90 Å². The van der Waals surface area contributed by atoms with Crippen molar-refractivity contribution in [3.05, 3.63) is 29.8 Å². The fraction of sp³-hybridized carbons (Fsp3) is 0.500. The first kappa shape index (κ1) is 12.9. The Morgan fingerprint density at radius 3 is 2.83 bits per heavy atom. The molecule has 1 N–H and O–H groups in total. The minimum atomic E-state index is -0.0441. The number of hydrogen-bond donors (Lipinski definition) is 1. The summed E-state index contributed by atoms with van der Waals surface area (Å²) in [5, 5.41) is 9.38. The molecule has 4 nitrogen and oxygen atoms in total. The minimum absolute atomic E-state index is 0.0441. The van der Waals surface area contributed by atoms with Crippen molar-refractivity contribution < 1.29 is 14.6 Å². The molecule has 1 aliphatic heterocycles.